The van der Waals surface area contributed by atoms with Crippen molar-refractivity contribution in [2.24, 2.45) is 0 Å². The number of methoxy groups -OCH3 is 2. The van der Waals surface area contributed by atoms with Crippen molar-refractivity contribution in [2.45, 2.75) is 24.3 Å². The van der Waals surface area contributed by atoms with Gasteiger partial charge in [-0.2, -0.15) is 0 Å². The summed E-state index contributed by atoms with van der Waals surface area (Å²) in [6.45, 7) is 1.72. The van der Waals surface area contributed by atoms with Crippen LogP contribution in [0.15, 0.2) is 47.4 Å². The molecule has 1 aliphatic rings. The maximum Gasteiger partial charge on any atom is 0.261 e. The van der Waals surface area contributed by atoms with Gasteiger partial charge in [-0.1, -0.05) is 12.1 Å². The summed E-state index contributed by atoms with van der Waals surface area (Å²) >= 11 is 0. The van der Waals surface area contributed by atoms with Crippen molar-refractivity contribution in [3.05, 3.63) is 53.6 Å². The molecule has 1 heterocycles. The Bertz CT molecular complexity index is 953. The van der Waals surface area contributed by atoms with Gasteiger partial charge in [-0.25, -0.2) is 8.42 Å². The molecule has 0 atom stereocenters. The van der Waals surface area contributed by atoms with Crippen LogP contribution in [0.4, 0.5) is 5.69 Å². The first-order valence-corrected chi connectivity index (χ1v) is 10.5. The first-order valence-electron chi connectivity index (χ1n) is 9.02. The van der Waals surface area contributed by atoms with Crippen LogP contribution in [0.3, 0.4) is 0 Å². The van der Waals surface area contributed by atoms with Gasteiger partial charge in [0.1, 0.15) is 5.75 Å². The van der Waals surface area contributed by atoms with Crippen LogP contribution in [0.2, 0.25) is 0 Å². The van der Waals surface area contributed by atoms with Gasteiger partial charge in [0.2, 0.25) is 0 Å². The van der Waals surface area contributed by atoms with Crippen LogP contribution >= 0.6 is 0 Å². The van der Waals surface area contributed by atoms with Crippen molar-refractivity contribution in [1.29, 1.82) is 0 Å². The average Bonchev–Trinajstić information content (AvgIpc) is 3.22. The maximum atomic E-state index is 12.9. The van der Waals surface area contributed by atoms with Gasteiger partial charge in [-0.05, 0) is 48.7 Å². The van der Waals surface area contributed by atoms with Gasteiger partial charge in [0.15, 0.2) is 0 Å². The molecular formula is C20H24N2O5S. The molecule has 0 bridgehead atoms. The molecule has 1 amide bonds. The molecule has 0 aromatic heterocycles. The number of anilines is 1. The van der Waals surface area contributed by atoms with Crippen molar-refractivity contribution in [2.75, 3.05) is 32.0 Å². The number of hydrogen-bond donors (Lipinski definition) is 1. The second kappa shape index (κ2) is 8.62. The van der Waals surface area contributed by atoms with Crippen LogP contribution < -0.4 is 9.46 Å². The Hall–Kier alpha value is -2.58. The molecule has 0 unspecified atom stereocenters. The molecule has 1 saturated heterocycles. The molecule has 7 nitrogen and oxygen atoms in total. The minimum absolute atomic E-state index is 0.00740. The molecule has 1 fully saturated rings. The van der Waals surface area contributed by atoms with E-state index in [9.17, 15) is 13.2 Å². The Balaban J connectivity index is 1.90. The fourth-order valence-electron chi connectivity index (χ4n) is 3.22. The van der Waals surface area contributed by atoms with E-state index < -0.39 is 10.0 Å². The third-order valence-corrected chi connectivity index (χ3v) is 5.97. The molecule has 1 N–H and O–H groups in total. The minimum Gasteiger partial charge on any atom is -0.496 e. The third kappa shape index (κ3) is 4.45. The van der Waals surface area contributed by atoms with Crippen molar-refractivity contribution < 1.29 is 22.7 Å². The summed E-state index contributed by atoms with van der Waals surface area (Å²) in [5, 5.41) is 0. The number of sulfonamides is 1. The zero-order chi connectivity index (χ0) is 20.1. The normalized spacial score (nSPS) is 14.1. The van der Waals surface area contributed by atoms with Crippen LogP contribution in [-0.4, -0.2) is 46.5 Å². The van der Waals surface area contributed by atoms with E-state index in [0.29, 0.717) is 31.1 Å². The highest BCUT2D eigenvalue weighted by molar-refractivity contribution is 7.92. The monoisotopic (exact) mass is 404 g/mol. The van der Waals surface area contributed by atoms with Crippen molar-refractivity contribution >= 4 is 21.6 Å². The standard InChI is InChI=1S/C20H24N2O5S/c1-26-14-15-6-5-7-16(12-15)21-28(24,25)17-8-9-19(27-2)18(13-17)20(23)22-10-3-4-11-22/h5-9,12-13,21H,3-4,10-11,14H2,1-2H3. The smallest absolute Gasteiger partial charge is 0.261 e. The number of amides is 1. The van der Waals surface area contributed by atoms with E-state index in [0.717, 1.165) is 18.4 Å². The minimum atomic E-state index is -3.87. The average molecular weight is 404 g/mol. The third-order valence-electron chi connectivity index (χ3n) is 4.60. The molecule has 2 aromatic carbocycles. The fraction of sp³-hybridized carbons (Fsp3) is 0.350. The van der Waals surface area contributed by atoms with E-state index in [2.05, 4.69) is 4.72 Å². The summed E-state index contributed by atoms with van der Waals surface area (Å²) < 4.78 is 38.6. The van der Waals surface area contributed by atoms with Crippen LogP contribution in [0, 0.1) is 0 Å². The van der Waals surface area contributed by atoms with Gasteiger partial charge in [0.05, 0.1) is 24.2 Å². The molecule has 0 spiro atoms. The Morgan fingerprint density at radius 1 is 1.11 bits per heavy atom. The quantitative estimate of drug-likeness (QED) is 0.767. The summed E-state index contributed by atoms with van der Waals surface area (Å²) in [6.07, 6.45) is 1.90. The molecule has 1 aliphatic heterocycles. The first kappa shape index (κ1) is 20.2. The highest BCUT2D eigenvalue weighted by Gasteiger charge is 2.25. The number of nitrogens with zero attached hydrogens (tertiary/aromatic N) is 1. The lowest BCUT2D eigenvalue weighted by Crippen LogP contribution is -2.28. The van der Waals surface area contributed by atoms with E-state index >= 15 is 0 Å². The highest BCUT2D eigenvalue weighted by atomic mass is 32.2. The van der Waals surface area contributed by atoms with E-state index in [1.165, 1.54) is 25.3 Å². The molecule has 0 aliphatic carbocycles. The molecule has 0 saturated carbocycles. The summed E-state index contributed by atoms with van der Waals surface area (Å²) in [5.74, 6) is 0.145. The van der Waals surface area contributed by atoms with Gasteiger partial charge in [0, 0.05) is 25.9 Å². The Morgan fingerprint density at radius 2 is 1.86 bits per heavy atom. The number of benzene rings is 2. The molecule has 3 rings (SSSR count). The van der Waals surface area contributed by atoms with Crippen molar-refractivity contribution in [3.63, 3.8) is 0 Å². The van der Waals surface area contributed by atoms with Gasteiger partial charge in [-0.3, -0.25) is 9.52 Å². The summed E-state index contributed by atoms with van der Waals surface area (Å²) in [4.78, 5) is 14.5. The van der Waals surface area contributed by atoms with Gasteiger partial charge < -0.3 is 14.4 Å². The lowest BCUT2D eigenvalue weighted by Gasteiger charge is -2.18. The topological polar surface area (TPSA) is 84.9 Å². The molecule has 0 radical (unpaired) electrons. The van der Waals surface area contributed by atoms with Crippen LogP contribution in [-0.2, 0) is 21.4 Å². The number of ether oxygens (including phenoxy) is 2. The predicted molar refractivity (Wildman–Crippen MR) is 106 cm³/mol. The van der Waals surface area contributed by atoms with Crippen LogP contribution in [0.1, 0.15) is 28.8 Å². The number of rotatable bonds is 7. The predicted octanol–water partition coefficient (Wildman–Crippen LogP) is 2.88. The fourth-order valence-corrected chi connectivity index (χ4v) is 4.29. The van der Waals surface area contributed by atoms with Gasteiger partial charge >= 0.3 is 0 Å². The van der Waals surface area contributed by atoms with E-state index in [1.807, 2.05) is 6.07 Å². The van der Waals surface area contributed by atoms with Crippen molar-refractivity contribution in [1.82, 2.24) is 4.90 Å². The van der Waals surface area contributed by atoms with Crippen LogP contribution in [0.25, 0.3) is 0 Å². The Morgan fingerprint density at radius 3 is 2.54 bits per heavy atom. The Kier molecular flexibility index (Phi) is 6.21. The summed E-state index contributed by atoms with van der Waals surface area (Å²) in [7, 11) is -0.828. The maximum absolute atomic E-state index is 12.9. The lowest BCUT2D eigenvalue weighted by molar-refractivity contribution is 0.0789. The second-order valence-electron chi connectivity index (χ2n) is 6.60. The molecular weight excluding hydrogens is 380 g/mol. The number of nitrogens with one attached hydrogen (secondary N) is 1. The summed E-state index contributed by atoms with van der Waals surface area (Å²) in [5.41, 5.74) is 1.53. The number of hydrogen-bond acceptors (Lipinski definition) is 5. The highest BCUT2D eigenvalue weighted by Crippen LogP contribution is 2.26. The Labute approximate surface area is 165 Å². The largest absolute Gasteiger partial charge is 0.496 e. The van der Waals surface area contributed by atoms with Crippen LogP contribution in [0.5, 0.6) is 5.75 Å². The van der Waals surface area contributed by atoms with Crippen molar-refractivity contribution in [3.8, 4) is 5.75 Å². The zero-order valence-electron chi connectivity index (χ0n) is 16.0. The lowest BCUT2D eigenvalue weighted by atomic mass is 10.1. The SMILES string of the molecule is COCc1cccc(NS(=O)(=O)c2ccc(OC)c(C(=O)N3CCCC3)c2)c1. The van der Waals surface area contributed by atoms with E-state index in [1.54, 1.807) is 30.2 Å². The molecule has 150 valence electrons. The van der Waals surface area contributed by atoms with E-state index in [4.69, 9.17) is 9.47 Å². The van der Waals surface area contributed by atoms with E-state index in [-0.39, 0.29) is 16.4 Å². The molecule has 2 aromatic rings. The number of carbonyl (C=O) groups excluding carboxylic acids is 1. The summed E-state index contributed by atoms with van der Waals surface area (Å²) in [6, 6.07) is 11.3. The molecule has 28 heavy (non-hydrogen) atoms. The first-order chi connectivity index (χ1) is 13.4. The van der Waals surface area contributed by atoms with Gasteiger partial charge in [-0.15, -0.1) is 0 Å². The number of carbonyl (C=O) groups is 1. The van der Waals surface area contributed by atoms with Gasteiger partial charge in [0.25, 0.3) is 15.9 Å². The number of likely N-dealkylation sites (tertiary alicyclic amines) is 1. The second-order valence-corrected chi connectivity index (χ2v) is 8.28. The zero-order valence-corrected chi connectivity index (χ0v) is 16.8. The molecule has 8 heteroatoms.